The molecule has 0 spiro atoms. The van der Waals surface area contributed by atoms with Crippen LogP contribution in [0.25, 0.3) is 10.2 Å². The summed E-state index contributed by atoms with van der Waals surface area (Å²) in [6.07, 6.45) is 1.70. The highest BCUT2D eigenvalue weighted by atomic mass is 32.1. The molecule has 0 radical (unpaired) electrons. The Labute approximate surface area is 178 Å². The Hall–Kier alpha value is -3.10. The van der Waals surface area contributed by atoms with E-state index in [9.17, 15) is 9.18 Å². The number of halogens is 1. The molecule has 3 heterocycles. The highest BCUT2D eigenvalue weighted by molar-refractivity contribution is 7.20. The lowest BCUT2D eigenvalue weighted by atomic mass is 10.2. The first-order valence-corrected chi connectivity index (χ1v) is 10.3. The van der Waals surface area contributed by atoms with Crippen LogP contribution in [0.2, 0.25) is 0 Å². The monoisotopic (exact) mass is 423 g/mol. The van der Waals surface area contributed by atoms with Crippen molar-refractivity contribution in [2.75, 3.05) is 19.4 Å². The van der Waals surface area contributed by atoms with E-state index in [1.165, 1.54) is 23.5 Å². The molecule has 0 fully saturated rings. The Morgan fingerprint density at radius 1 is 1.17 bits per heavy atom. The number of carbonyl (C=O) groups excluding carboxylic acids is 1. The minimum Gasteiger partial charge on any atom is -0.306 e. The number of fused-ring (bicyclic) bond motifs is 1. The molecule has 0 aliphatic heterocycles. The maximum atomic E-state index is 13.2. The van der Waals surface area contributed by atoms with Gasteiger partial charge in [0, 0.05) is 18.1 Å². The number of nitrogens with zero attached hydrogens (tertiary/aromatic N) is 4. The van der Waals surface area contributed by atoms with Crippen LogP contribution >= 0.6 is 11.3 Å². The fourth-order valence-electron chi connectivity index (χ4n) is 3.28. The van der Waals surface area contributed by atoms with E-state index in [4.69, 9.17) is 0 Å². The van der Waals surface area contributed by atoms with Crippen molar-refractivity contribution in [3.05, 3.63) is 76.2 Å². The second-order valence-electron chi connectivity index (χ2n) is 7.44. The highest BCUT2D eigenvalue weighted by Crippen LogP contribution is 2.29. The minimum absolute atomic E-state index is 0.196. The Balaban J connectivity index is 1.56. The summed E-state index contributed by atoms with van der Waals surface area (Å²) in [5.74, 6) is 0.0683. The molecular weight excluding hydrogens is 401 g/mol. The molecule has 154 valence electrons. The number of benzene rings is 1. The molecule has 0 bridgehead atoms. The Kier molecular flexibility index (Phi) is 5.61. The highest BCUT2D eigenvalue weighted by Gasteiger charge is 2.17. The zero-order chi connectivity index (χ0) is 21.3. The van der Waals surface area contributed by atoms with E-state index in [0.29, 0.717) is 17.2 Å². The van der Waals surface area contributed by atoms with Crippen LogP contribution in [0.1, 0.15) is 26.5 Å². The number of aromatic nitrogens is 3. The second kappa shape index (κ2) is 8.33. The fourth-order valence-corrected chi connectivity index (χ4v) is 4.33. The van der Waals surface area contributed by atoms with Gasteiger partial charge < -0.3 is 10.2 Å². The summed E-state index contributed by atoms with van der Waals surface area (Å²) in [7, 11) is 3.99. The lowest BCUT2D eigenvalue weighted by molar-refractivity contribution is 0.103. The number of hydrogen-bond acceptors (Lipinski definition) is 5. The number of rotatable bonds is 6. The van der Waals surface area contributed by atoms with E-state index in [1.807, 2.05) is 43.9 Å². The van der Waals surface area contributed by atoms with Crippen molar-refractivity contribution in [3.8, 4) is 0 Å². The normalized spacial score (nSPS) is 11.4. The van der Waals surface area contributed by atoms with E-state index < -0.39 is 0 Å². The van der Waals surface area contributed by atoms with Gasteiger partial charge in [-0.3, -0.25) is 9.48 Å². The number of aryl methyl sites for hydroxylation is 1. The van der Waals surface area contributed by atoms with Crippen molar-refractivity contribution in [2.45, 2.75) is 20.0 Å². The molecule has 0 saturated heterocycles. The molecule has 1 aromatic carbocycles. The number of thiophene rings is 1. The van der Waals surface area contributed by atoms with Gasteiger partial charge in [-0.05, 0) is 62.5 Å². The Morgan fingerprint density at radius 2 is 1.93 bits per heavy atom. The van der Waals surface area contributed by atoms with E-state index >= 15 is 0 Å². The number of carbonyl (C=O) groups is 1. The average molecular weight is 424 g/mol. The van der Waals surface area contributed by atoms with E-state index in [0.717, 1.165) is 33.6 Å². The van der Waals surface area contributed by atoms with Crippen molar-refractivity contribution in [1.82, 2.24) is 19.7 Å². The summed E-state index contributed by atoms with van der Waals surface area (Å²) in [5, 5.41) is 8.41. The molecule has 0 aliphatic rings. The predicted octanol–water partition coefficient (Wildman–Crippen LogP) is 4.30. The maximum Gasteiger partial charge on any atom is 0.266 e. The predicted molar refractivity (Wildman–Crippen MR) is 117 cm³/mol. The third kappa shape index (κ3) is 4.39. The summed E-state index contributed by atoms with van der Waals surface area (Å²) in [5.41, 5.74) is 2.88. The van der Waals surface area contributed by atoms with E-state index in [-0.39, 0.29) is 11.7 Å². The summed E-state index contributed by atoms with van der Waals surface area (Å²) >= 11 is 1.39. The van der Waals surface area contributed by atoms with E-state index in [1.54, 1.807) is 18.3 Å². The first kappa shape index (κ1) is 20.2. The van der Waals surface area contributed by atoms with Crippen LogP contribution < -0.4 is 5.32 Å². The van der Waals surface area contributed by atoms with Crippen LogP contribution in [0.4, 0.5) is 10.2 Å². The van der Waals surface area contributed by atoms with Gasteiger partial charge in [-0.1, -0.05) is 12.1 Å². The van der Waals surface area contributed by atoms with Gasteiger partial charge in [0.25, 0.3) is 5.91 Å². The number of hydrogen-bond donors (Lipinski definition) is 1. The van der Waals surface area contributed by atoms with Gasteiger partial charge >= 0.3 is 0 Å². The topological polar surface area (TPSA) is 63.1 Å². The number of nitrogens with one attached hydrogen (secondary N) is 1. The quantitative estimate of drug-likeness (QED) is 0.502. The number of anilines is 1. The summed E-state index contributed by atoms with van der Waals surface area (Å²) in [4.78, 5) is 20.6. The molecule has 4 aromatic rings. The van der Waals surface area contributed by atoms with Gasteiger partial charge in [0.2, 0.25) is 0 Å². The molecule has 0 atom stereocenters. The average Bonchev–Trinajstić information content (AvgIpc) is 3.25. The molecule has 0 unspecified atom stereocenters. The van der Waals surface area contributed by atoms with Gasteiger partial charge in [0.15, 0.2) is 0 Å². The summed E-state index contributed by atoms with van der Waals surface area (Å²) < 4.78 is 15.0. The summed E-state index contributed by atoms with van der Waals surface area (Å²) in [6.45, 7) is 3.21. The molecule has 1 N–H and O–H groups in total. The molecular formula is C22H22FN5OS. The van der Waals surface area contributed by atoms with Gasteiger partial charge in [-0.2, -0.15) is 5.10 Å². The lowest BCUT2D eigenvalue weighted by Crippen LogP contribution is -2.13. The largest absolute Gasteiger partial charge is 0.306 e. The van der Waals surface area contributed by atoms with Crippen LogP contribution in [0, 0.1) is 12.7 Å². The molecule has 4 rings (SSSR count). The van der Waals surface area contributed by atoms with Gasteiger partial charge in [0.1, 0.15) is 16.5 Å². The van der Waals surface area contributed by atoms with Crippen LogP contribution in [0.3, 0.4) is 0 Å². The first-order valence-electron chi connectivity index (χ1n) is 9.51. The number of pyridine rings is 1. The molecule has 30 heavy (non-hydrogen) atoms. The van der Waals surface area contributed by atoms with Crippen molar-refractivity contribution < 1.29 is 9.18 Å². The van der Waals surface area contributed by atoms with Crippen LogP contribution in [-0.4, -0.2) is 39.7 Å². The molecule has 6 nitrogen and oxygen atoms in total. The van der Waals surface area contributed by atoms with Crippen LogP contribution in [-0.2, 0) is 13.1 Å². The number of amides is 1. The summed E-state index contributed by atoms with van der Waals surface area (Å²) in [6, 6.07) is 12.0. The lowest BCUT2D eigenvalue weighted by Gasteiger charge is -2.10. The fraction of sp³-hybridized carbons (Fsp3) is 0.227. The van der Waals surface area contributed by atoms with Gasteiger partial charge in [-0.15, -0.1) is 11.3 Å². The van der Waals surface area contributed by atoms with Crippen molar-refractivity contribution in [2.24, 2.45) is 0 Å². The van der Waals surface area contributed by atoms with E-state index in [2.05, 4.69) is 20.3 Å². The third-order valence-electron chi connectivity index (χ3n) is 4.64. The Bertz CT molecular complexity index is 1200. The minimum atomic E-state index is -0.265. The standard InChI is InChI=1S/C22H22FN5OS/c1-14-18-11-19(21(29)25-20-10-16(8-9-24-20)12-27(2)3)30-22(18)28(26-14)13-15-4-6-17(23)7-5-15/h4-11H,12-13H2,1-3H3,(H,24,25,29). The molecule has 0 aliphatic carbocycles. The van der Waals surface area contributed by atoms with Gasteiger partial charge in [-0.25, -0.2) is 9.37 Å². The Morgan fingerprint density at radius 3 is 2.67 bits per heavy atom. The van der Waals surface area contributed by atoms with Crippen molar-refractivity contribution >= 4 is 33.3 Å². The zero-order valence-electron chi connectivity index (χ0n) is 17.0. The van der Waals surface area contributed by atoms with Gasteiger partial charge in [0.05, 0.1) is 17.1 Å². The third-order valence-corrected chi connectivity index (χ3v) is 5.79. The van der Waals surface area contributed by atoms with Crippen LogP contribution in [0.5, 0.6) is 0 Å². The van der Waals surface area contributed by atoms with Crippen LogP contribution in [0.15, 0.2) is 48.7 Å². The molecule has 8 heteroatoms. The SMILES string of the molecule is Cc1nn(Cc2ccc(F)cc2)c2sc(C(=O)Nc3cc(CN(C)C)ccn3)cc12. The maximum absolute atomic E-state index is 13.2. The zero-order valence-corrected chi connectivity index (χ0v) is 17.8. The molecule has 1 amide bonds. The van der Waals surface area contributed by atoms with Crippen molar-refractivity contribution in [1.29, 1.82) is 0 Å². The van der Waals surface area contributed by atoms with Crippen molar-refractivity contribution in [3.63, 3.8) is 0 Å². The molecule has 0 saturated carbocycles. The first-order chi connectivity index (χ1) is 14.4. The second-order valence-corrected chi connectivity index (χ2v) is 8.47. The molecule has 3 aromatic heterocycles. The smallest absolute Gasteiger partial charge is 0.266 e.